The summed E-state index contributed by atoms with van der Waals surface area (Å²) >= 11 is 0. The Balaban J connectivity index is 3.03. The first kappa shape index (κ1) is 15.0. The number of allylic oxidation sites excluding steroid dienone is 2. The summed E-state index contributed by atoms with van der Waals surface area (Å²) < 4.78 is 10.6. The van der Waals surface area contributed by atoms with Gasteiger partial charge >= 0.3 is 5.97 Å². The summed E-state index contributed by atoms with van der Waals surface area (Å²) in [6, 6.07) is 5.36. The molecule has 0 aromatic heterocycles. The lowest BCUT2D eigenvalue weighted by Crippen LogP contribution is -2.11. The van der Waals surface area contributed by atoms with Gasteiger partial charge in [-0.1, -0.05) is 25.2 Å². The van der Waals surface area contributed by atoms with Crippen molar-refractivity contribution in [2.45, 2.75) is 27.2 Å². The zero-order valence-electron chi connectivity index (χ0n) is 11.9. The van der Waals surface area contributed by atoms with Gasteiger partial charge in [0, 0.05) is 11.1 Å². The maximum Gasteiger partial charge on any atom is 0.339 e. The number of carbonyl (C=O) groups is 1. The summed E-state index contributed by atoms with van der Waals surface area (Å²) in [6.07, 6.45) is 6.21. The first-order valence-electron chi connectivity index (χ1n) is 6.34. The smallest absolute Gasteiger partial charge is 0.339 e. The third-order valence-electron chi connectivity index (χ3n) is 2.76. The number of benzene rings is 1. The molecule has 0 amide bonds. The van der Waals surface area contributed by atoms with Crippen molar-refractivity contribution in [1.82, 2.24) is 0 Å². The number of ether oxygens (including phenoxy) is 2. The van der Waals surface area contributed by atoms with Crippen LogP contribution in [0.3, 0.4) is 0 Å². The van der Waals surface area contributed by atoms with Crippen molar-refractivity contribution in [1.29, 1.82) is 0 Å². The monoisotopic (exact) mass is 260 g/mol. The van der Waals surface area contributed by atoms with E-state index in [-0.39, 0.29) is 5.97 Å². The molecule has 0 bridgehead atoms. The lowest BCUT2D eigenvalue weighted by Gasteiger charge is -2.10. The van der Waals surface area contributed by atoms with Gasteiger partial charge in [-0.3, -0.25) is 0 Å². The summed E-state index contributed by atoms with van der Waals surface area (Å²) in [5.41, 5.74) is 1.49. The van der Waals surface area contributed by atoms with E-state index in [0.717, 1.165) is 11.3 Å². The molecule has 1 aromatic carbocycles. The average Bonchev–Trinajstić information content (AvgIpc) is 2.42. The molecule has 0 unspecified atom stereocenters. The Labute approximate surface area is 114 Å². The SMILES string of the molecule is C/C=C/c1cc(OC)ccc1OC(=O)/C(=C/C)CC. The van der Waals surface area contributed by atoms with Gasteiger partial charge in [-0.2, -0.15) is 0 Å². The van der Waals surface area contributed by atoms with Crippen LogP contribution in [0.1, 0.15) is 32.8 Å². The van der Waals surface area contributed by atoms with E-state index in [1.54, 1.807) is 25.3 Å². The van der Waals surface area contributed by atoms with E-state index < -0.39 is 0 Å². The minimum atomic E-state index is -0.305. The Morgan fingerprint density at radius 3 is 2.58 bits per heavy atom. The van der Waals surface area contributed by atoms with Gasteiger partial charge in [0.15, 0.2) is 0 Å². The van der Waals surface area contributed by atoms with Crippen molar-refractivity contribution in [2.24, 2.45) is 0 Å². The van der Waals surface area contributed by atoms with Crippen LogP contribution in [0.2, 0.25) is 0 Å². The second-order valence-corrected chi connectivity index (χ2v) is 3.96. The highest BCUT2D eigenvalue weighted by molar-refractivity contribution is 5.90. The van der Waals surface area contributed by atoms with Crippen LogP contribution in [0, 0.1) is 0 Å². The van der Waals surface area contributed by atoms with E-state index >= 15 is 0 Å². The van der Waals surface area contributed by atoms with E-state index in [9.17, 15) is 4.79 Å². The van der Waals surface area contributed by atoms with Crippen molar-refractivity contribution >= 4 is 12.0 Å². The van der Waals surface area contributed by atoms with Crippen molar-refractivity contribution < 1.29 is 14.3 Å². The minimum Gasteiger partial charge on any atom is -0.497 e. The average molecular weight is 260 g/mol. The molecular weight excluding hydrogens is 240 g/mol. The minimum absolute atomic E-state index is 0.305. The van der Waals surface area contributed by atoms with Gasteiger partial charge < -0.3 is 9.47 Å². The standard InChI is InChI=1S/C16H20O3/c1-5-8-13-11-14(18-4)9-10-15(13)19-16(17)12(6-2)7-3/h5-6,8-11H,7H2,1-4H3/b8-5+,12-6+. The second-order valence-electron chi connectivity index (χ2n) is 3.96. The molecular formula is C16H20O3. The molecule has 0 saturated heterocycles. The summed E-state index contributed by atoms with van der Waals surface area (Å²) in [7, 11) is 1.61. The molecule has 19 heavy (non-hydrogen) atoms. The fourth-order valence-corrected chi connectivity index (χ4v) is 1.69. The zero-order valence-corrected chi connectivity index (χ0v) is 11.9. The largest absolute Gasteiger partial charge is 0.497 e. The number of hydrogen-bond acceptors (Lipinski definition) is 3. The summed E-state index contributed by atoms with van der Waals surface area (Å²) in [5, 5.41) is 0. The number of hydrogen-bond donors (Lipinski definition) is 0. The number of methoxy groups -OCH3 is 1. The molecule has 0 aliphatic carbocycles. The second kappa shape index (κ2) is 7.41. The Morgan fingerprint density at radius 2 is 2.05 bits per heavy atom. The normalized spacial score (nSPS) is 11.7. The van der Waals surface area contributed by atoms with Crippen LogP contribution in [0.5, 0.6) is 11.5 Å². The van der Waals surface area contributed by atoms with Crippen LogP contribution in [0.25, 0.3) is 6.08 Å². The summed E-state index contributed by atoms with van der Waals surface area (Å²) in [6.45, 7) is 5.67. The quantitative estimate of drug-likeness (QED) is 0.456. The van der Waals surface area contributed by atoms with E-state index in [2.05, 4.69) is 0 Å². The van der Waals surface area contributed by atoms with Crippen LogP contribution < -0.4 is 9.47 Å². The van der Waals surface area contributed by atoms with Gasteiger partial charge in [-0.25, -0.2) is 4.79 Å². The molecule has 0 heterocycles. The highest BCUT2D eigenvalue weighted by Gasteiger charge is 2.12. The molecule has 0 N–H and O–H groups in total. The van der Waals surface area contributed by atoms with Crippen molar-refractivity contribution in [3.05, 3.63) is 41.5 Å². The maximum absolute atomic E-state index is 11.9. The molecule has 0 aliphatic heterocycles. The number of rotatable bonds is 5. The van der Waals surface area contributed by atoms with Gasteiger partial charge in [-0.05, 0) is 38.5 Å². The van der Waals surface area contributed by atoms with Gasteiger partial charge in [-0.15, -0.1) is 0 Å². The van der Waals surface area contributed by atoms with Crippen molar-refractivity contribution in [3.63, 3.8) is 0 Å². The lowest BCUT2D eigenvalue weighted by atomic mass is 10.1. The van der Waals surface area contributed by atoms with E-state index in [4.69, 9.17) is 9.47 Å². The van der Waals surface area contributed by atoms with E-state index in [1.165, 1.54) is 0 Å². The fraction of sp³-hybridized carbons (Fsp3) is 0.312. The molecule has 0 atom stereocenters. The molecule has 102 valence electrons. The molecule has 3 heteroatoms. The maximum atomic E-state index is 11.9. The highest BCUT2D eigenvalue weighted by atomic mass is 16.5. The first-order valence-corrected chi connectivity index (χ1v) is 6.34. The first-order chi connectivity index (χ1) is 9.15. The van der Waals surface area contributed by atoms with Crippen LogP contribution in [0.4, 0.5) is 0 Å². The third kappa shape index (κ3) is 3.98. The van der Waals surface area contributed by atoms with Gasteiger partial charge in [0.25, 0.3) is 0 Å². The van der Waals surface area contributed by atoms with E-state index in [0.29, 0.717) is 17.7 Å². The summed E-state index contributed by atoms with van der Waals surface area (Å²) in [5.74, 6) is 0.965. The molecule has 1 rings (SSSR count). The predicted octanol–water partition coefficient (Wildman–Crippen LogP) is 3.99. The number of esters is 1. The Morgan fingerprint density at radius 1 is 1.32 bits per heavy atom. The highest BCUT2D eigenvalue weighted by Crippen LogP contribution is 2.26. The van der Waals surface area contributed by atoms with Crippen molar-refractivity contribution in [3.8, 4) is 11.5 Å². The molecule has 0 spiro atoms. The molecule has 0 fully saturated rings. The third-order valence-corrected chi connectivity index (χ3v) is 2.76. The van der Waals surface area contributed by atoms with Crippen LogP contribution in [-0.4, -0.2) is 13.1 Å². The Kier molecular flexibility index (Phi) is 5.86. The van der Waals surface area contributed by atoms with Gasteiger partial charge in [0.05, 0.1) is 7.11 Å². The van der Waals surface area contributed by atoms with Crippen molar-refractivity contribution in [2.75, 3.05) is 7.11 Å². The molecule has 3 nitrogen and oxygen atoms in total. The molecule has 1 aromatic rings. The predicted molar refractivity (Wildman–Crippen MR) is 77.4 cm³/mol. The van der Waals surface area contributed by atoms with Crippen LogP contribution >= 0.6 is 0 Å². The zero-order chi connectivity index (χ0) is 14.3. The summed E-state index contributed by atoms with van der Waals surface area (Å²) in [4.78, 5) is 11.9. The van der Waals surface area contributed by atoms with Gasteiger partial charge in [0.1, 0.15) is 11.5 Å². The molecule has 0 radical (unpaired) electrons. The van der Waals surface area contributed by atoms with Crippen LogP contribution in [-0.2, 0) is 4.79 Å². The van der Waals surface area contributed by atoms with E-state index in [1.807, 2.05) is 39.0 Å². The number of carbonyl (C=O) groups excluding carboxylic acids is 1. The lowest BCUT2D eigenvalue weighted by molar-refractivity contribution is -0.130. The topological polar surface area (TPSA) is 35.5 Å². The molecule has 0 aliphatic rings. The Hall–Kier alpha value is -2.03. The Bertz CT molecular complexity index is 499. The van der Waals surface area contributed by atoms with Gasteiger partial charge in [0.2, 0.25) is 0 Å². The molecule has 0 saturated carbocycles. The fourth-order valence-electron chi connectivity index (χ4n) is 1.69. The van der Waals surface area contributed by atoms with Crippen LogP contribution in [0.15, 0.2) is 35.9 Å².